The van der Waals surface area contributed by atoms with Crippen molar-refractivity contribution in [3.8, 4) is 0 Å². The van der Waals surface area contributed by atoms with E-state index in [0.717, 1.165) is 25.7 Å². The molecule has 0 aromatic carbocycles. The molecule has 1 aliphatic carbocycles. The second kappa shape index (κ2) is 3.40. The van der Waals surface area contributed by atoms with E-state index < -0.39 is 5.97 Å². The Morgan fingerprint density at radius 1 is 1.50 bits per heavy atom. The number of carboxylic acid groups (broad SMARTS) is 1. The summed E-state index contributed by atoms with van der Waals surface area (Å²) in [6, 6.07) is 0. The van der Waals surface area contributed by atoms with Crippen LogP contribution in [0.3, 0.4) is 0 Å². The topological polar surface area (TPSA) is 37.3 Å². The Labute approximate surface area is 60.6 Å². The molecule has 0 fully saturated rings. The van der Waals surface area contributed by atoms with Gasteiger partial charge in [-0.15, -0.1) is 0 Å². The first-order chi connectivity index (χ1) is 4.80. The summed E-state index contributed by atoms with van der Waals surface area (Å²) in [6.07, 6.45) is 7.67. The second-order valence-electron chi connectivity index (χ2n) is 2.67. The van der Waals surface area contributed by atoms with Crippen molar-refractivity contribution >= 4 is 5.97 Å². The normalized spacial score (nSPS) is 25.8. The Kier molecular flexibility index (Phi) is 2.49. The van der Waals surface area contributed by atoms with E-state index >= 15 is 0 Å². The third kappa shape index (κ3) is 1.87. The van der Waals surface area contributed by atoms with Gasteiger partial charge in [0.2, 0.25) is 0 Å². The lowest BCUT2D eigenvalue weighted by molar-refractivity contribution is -0.141. The van der Waals surface area contributed by atoms with Crippen molar-refractivity contribution in [1.82, 2.24) is 0 Å². The maximum atomic E-state index is 10.5. The van der Waals surface area contributed by atoms with Gasteiger partial charge in [-0.25, -0.2) is 0 Å². The zero-order valence-electron chi connectivity index (χ0n) is 5.92. The molecular weight excluding hydrogens is 128 g/mol. The van der Waals surface area contributed by atoms with Crippen LogP contribution >= 0.6 is 0 Å². The number of carboxylic acids is 1. The zero-order chi connectivity index (χ0) is 7.40. The highest BCUT2D eigenvalue weighted by Crippen LogP contribution is 2.17. The maximum absolute atomic E-state index is 10.5. The van der Waals surface area contributed by atoms with Crippen LogP contribution in [0.15, 0.2) is 12.2 Å². The van der Waals surface area contributed by atoms with Crippen LogP contribution in [0.4, 0.5) is 0 Å². The van der Waals surface area contributed by atoms with Crippen LogP contribution in [-0.2, 0) is 4.79 Å². The first kappa shape index (κ1) is 7.32. The predicted octanol–water partition coefficient (Wildman–Crippen LogP) is 1.82. The van der Waals surface area contributed by atoms with Gasteiger partial charge in [0.25, 0.3) is 0 Å². The lowest BCUT2D eigenvalue weighted by Gasteiger charge is -2.04. The molecule has 0 amide bonds. The maximum Gasteiger partial charge on any atom is 0.306 e. The van der Waals surface area contributed by atoms with Gasteiger partial charge in [-0.2, -0.15) is 0 Å². The molecule has 10 heavy (non-hydrogen) atoms. The summed E-state index contributed by atoms with van der Waals surface area (Å²) >= 11 is 0. The van der Waals surface area contributed by atoms with Gasteiger partial charge in [0.15, 0.2) is 0 Å². The fraction of sp³-hybridized carbons (Fsp3) is 0.625. The highest BCUT2D eigenvalue weighted by Gasteiger charge is 2.15. The van der Waals surface area contributed by atoms with Crippen molar-refractivity contribution in [2.24, 2.45) is 5.92 Å². The Hall–Kier alpha value is -0.790. The molecule has 0 heterocycles. The standard InChI is InChI=1S/C8H12O2/c9-8(10)7-5-3-1-2-4-6-7/h1,3,7H,2,4-6H2,(H,9,10)/t7-/m0/s1. The largest absolute Gasteiger partial charge is 0.481 e. The van der Waals surface area contributed by atoms with Gasteiger partial charge < -0.3 is 5.11 Å². The summed E-state index contributed by atoms with van der Waals surface area (Å²) in [5.41, 5.74) is 0. The number of hydrogen-bond acceptors (Lipinski definition) is 1. The van der Waals surface area contributed by atoms with Crippen molar-refractivity contribution in [3.05, 3.63) is 12.2 Å². The van der Waals surface area contributed by atoms with Gasteiger partial charge in [0.1, 0.15) is 0 Å². The first-order valence-electron chi connectivity index (χ1n) is 3.68. The minimum absolute atomic E-state index is 0.126. The number of carbonyl (C=O) groups is 1. The Balaban J connectivity index is 2.45. The van der Waals surface area contributed by atoms with Crippen LogP contribution in [0.25, 0.3) is 0 Å². The summed E-state index contributed by atoms with van der Waals surface area (Å²) in [6.45, 7) is 0. The van der Waals surface area contributed by atoms with E-state index in [1.54, 1.807) is 0 Å². The molecule has 0 radical (unpaired) electrons. The minimum Gasteiger partial charge on any atom is -0.481 e. The van der Waals surface area contributed by atoms with Crippen LogP contribution < -0.4 is 0 Å². The summed E-state index contributed by atoms with van der Waals surface area (Å²) in [5, 5.41) is 8.63. The van der Waals surface area contributed by atoms with Crippen molar-refractivity contribution in [2.75, 3.05) is 0 Å². The lowest BCUT2D eigenvalue weighted by atomic mass is 10.0. The van der Waals surface area contributed by atoms with E-state index in [2.05, 4.69) is 6.08 Å². The van der Waals surface area contributed by atoms with Gasteiger partial charge in [-0.1, -0.05) is 12.2 Å². The van der Waals surface area contributed by atoms with Crippen molar-refractivity contribution in [2.45, 2.75) is 25.7 Å². The van der Waals surface area contributed by atoms with Crippen LogP contribution in [-0.4, -0.2) is 11.1 Å². The van der Waals surface area contributed by atoms with E-state index in [-0.39, 0.29) is 5.92 Å². The Morgan fingerprint density at radius 2 is 2.30 bits per heavy atom. The van der Waals surface area contributed by atoms with E-state index in [9.17, 15) is 4.79 Å². The molecule has 0 bridgehead atoms. The SMILES string of the molecule is O=C(O)[C@H]1CC=CCCC1. The predicted molar refractivity (Wildman–Crippen MR) is 38.7 cm³/mol. The minimum atomic E-state index is -0.647. The smallest absolute Gasteiger partial charge is 0.306 e. The summed E-state index contributed by atoms with van der Waals surface area (Å²) in [4.78, 5) is 10.5. The van der Waals surface area contributed by atoms with Crippen LogP contribution in [0.5, 0.6) is 0 Å². The van der Waals surface area contributed by atoms with Gasteiger partial charge in [-0.05, 0) is 25.7 Å². The molecule has 0 spiro atoms. The molecular formula is C8H12O2. The summed E-state index contributed by atoms with van der Waals surface area (Å²) in [7, 11) is 0. The molecule has 0 aromatic heterocycles. The highest BCUT2D eigenvalue weighted by atomic mass is 16.4. The quantitative estimate of drug-likeness (QED) is 0.564. The monoisotopic (exact) mass is 140 g/mol. The number of aliphatic carboxylic acids is 1. The molecule has 0 saturated heterocycles. The zero-order valence-corrected chi connectivity index (χ0v) is 5.92. The van der Waals surface area contributed by atoms with Crippen LogP contribution in [0.2, 0.25) is 0 Å². The third-order valence-corrected chi connectivity index (χ3v) is 1.86. The van der Waals surface area contributed by atoms with Gasteiger partial charge in [0, 0.05) is 0 Å². The highest BCUT2D eigenvalue weighted by molar-refractivity contribution is 5.70. The average Bonchev–Trinajstić information content (AvgIpc) is 2.12. The fourth-order valence-corrected chi connectivity index (χ4v) is 1.20. The third-order valence-electron chi connectivity index (χ3n) is 1.86. The molecule has 1 rings (SSSR count). The molecule has 0 unspecified atom stereocenters. The second-order valence-corrected chi connectivity index (χ2v) is 2.67. The number of hydrogen-bond donors (Lipinski definition) is 1. The van der Waals surface area contributed by atoms with E-state index in [0.29, 0.717) is 0 Å². The van der Waals surface area contributed by atoms with Crippen molar-refractivity contribution in [1.29, 1.82) is 0 Å². The Morgan fingerprint density at radius 3 is 3.00 bits per heavy atom. The van der Waals surface area contributed by atoms with Crippen molar-refractivity contribution < 1.29 is 9.90 Å². The molecule has 2 heteroatoms. The average molecular weight is 140 g/mol. The summed E-state index contributed by atoms with van der Waals surface area (Å²) < 4.78 is 0. The molecule has 0 aromatic rings. The van der Waals surface area contributed by atoms with E-state index in [4.69, 9.17) is 5.11 Å². The molecule has 1 atom stereocenters. The van der Waals surface area contributed by atoms with Crippen molar-refractivity contribution in [3.63, 3.8) is 0 Å². The number of rotatable bonds is 1. The molecule has 1 N–H and O–H groups in total. The molecule has 1 aliphatic rings. The number of allylic oxidation sites excluding steroid dienone is 2. The molecule has 2 nitrogen and oxygen atoms in total. The van der Waals surface area contributed by atoms with E-state index in [1.165, 1.54) is 0 Å². The fourth-order valence-electron chi connectivity index (χ4n) is 1.20. The van der Waals surface area contributed by atoms with E-state index in [1.807, 2.05) is 6.08 Å². The first-order valence-corrected chi connectivity index (χ1v) is 3.68. The molecule has 0 saturated carbocycles. The van der Waals surface area contributed by atoms with Gasteiger partial charge >= 0.3 is 5.97 Å². The van der Waals surface area contributed by atoms with Crippen LogP contribution in [0.1, 0.15) is 25.7 Å². The summed E-state index contributed by atoms with van der Waals surface area (Å²) in [5.74, 6) is -0.773. The Bertz CT molecular complexity index is 149. The van der Waals surface area contributed by atoms with Crippen LogP contribution in [0, 0.1) is 5.92 Å². The van der Waals surface area contributed by atoms with Gasteiger partial charge in [0.05, 0.1) is 5.92 Å². The molecule has 56 valence electrons. The lowest BCUT2D eigenvalue weighted by Crippen LogP contribution is -2.11. The van der Waals surface area contributed by atoms with Gasteiger partial charge in [-0.3, -0.25) is 4.79 Å². The molecule has 0 aliphatic heterocycles.